The number of rotatable bonds is 7. The van der Waals surface area contributed by atoms with Crippen LogP contribution in [0.1, 0.15) is 19.8 Å². The van der Waals surface area contributed by atoms with Crippen molar-refractivity contribution in [2.75, 3.05) is 19.7 Å². The molecule has 0 aromatic heterocycles. The van der Waals surface area contributed by atoms with E-state index in [9.17, 15) is 9.59 Å². The molecule has 6 nitrogen and oxygen atoms in total. The first-order valence-electron chi connectivity index (χ1n) is 6.05. The zero-order chi connectivity index (χ0) is 13.5. The molecule has 2 N–H and O–H groups in total. The van der Waals surface area contributed by atoms with Gasteiger partial charge in [0.1, 0.15) is 6.04 Å². The molecule has 0 aromatic rings. The number of aliphatic carboxylic acids is 1. The van der Waals surface area contributed by atoms with Crippen LogP contribution < -0.4 is 5.32 Å². The van der Waals surface area contributed by atoms with Gasteiger partial charge in [0.15, 0.2) is 0 Å². The molecule has 6 heteroatoms. The Labute approximate surface area is 107 Å². The van der Waals surface area contributed by atoms with Crippen LogP contribution in [0.5, 0.6) is 0 Å². The quantitative estimate of drug-likeness (QED) is 0.522. The molecule has 18 heavy (non-hydrogen) atoms. The number of hydrogen-bond acceptors (Lipinski definition) is 3. The zero-order valence-electron chi connectivity index (χ0n) is 10.6. The lowest BCUT2D eigenvalue weighted by Gasteiger charge is -2.39. The van der Waals surface area contributed by atoms with Crippen LogP contribution in [0, 0.1) is 0 Å². The highest BCUT2D eigenvalue weighted by Crippen LogP contribution is 2.12. The summed E-state index contributed by atoms with van der Waals surface area (Å²) in [7, 11) is 0. The molecule has 2 amide bonds. The molecule has 0 aromatic carbocycles. The standard InChI is InChI=1S/C12H20N2O4/c1-3-4-5-6-18-10-7-14(8-10)12(17)13-9(2)11(15)16/h3,9-10H,1,4-8H2,2H3,(H,13,17)(H,15,16)/t9-/m0/s1. The summed E-state index contributed by atoms with van der Waals surface area (Å²) in [5.41, 5.74) is 0. The van der Waals surface area contributed by atoms with Crippen molar-refractivity contribution in [3.8, 4) is 0 Å². The third-order valence-corrected chi connectivity index (χ3v) is 2.75. The number of unbranched alkanes of at least 4 members (excludes halogenated alkanes) is 1. The molecular formula is C12H20N2O4. The number of carboxylic acid groups (broad SMARTS) is 1. The summed E-state index contributed by atoms with van der Waals surface area (Å²) in [4.78, 5) is 23.6. The monoisotopic (exact) mass is 256 g/mol. The second-order valence-corrected chi connectivity index (χ2v) is 4.34. The molecule has 0 saturated carbocycles. The minimum Gasteiger partial charge on any atom is -0.480 e. The lowest BCUT2D eigenvalue weighted by atomic mass is 10.2. The van der Waals surface area contributed by atoms with E-state index in [1.54, 1.807) is 0 Å². The molecule has 1 saturated heterocycles. The number of carbonyl (C=O) groups is 2. The van der Waals surface area contributed by atoms with E-state index >= 15 is 0 Å². The largest absolute Gasteiger partial charge is 0.480 e. The number of allylic oxidation sites excluding steroid dienone is 1. The van der Waals surface area contributed by atoms with E-state index in [1.165, 1.54) is 11.8 Å². The van der Waals surface area contributed by atoms with E-state index in [2.05, 4.69) is 11.9 Å². The van der Waals surface area contributed by atoms with Gasteiger partial charge in [-0.1, -0.05) is 6.08 Å². The predicted octanol–water partition coefficient (Wildman–Crippen LogP) is 0.836. The van der Waals surface area contributed by atoms with E-state index in [-0.39, 0.29) is 12.1 Å². The molecule has 1 aliphatic heterocycles. The Kier molecular flexibility index (Phi) is 5.64. The Morgan fingerprint density at radius 1 is 1.61 bits per heavy atom. The van der Waals surface area contributed by atoms with Crippen LogP contribution in [0.15, 0.2) is 12.7 Å². The normalized spacial score (nSPS) is 16.8. The van der Waals surface area contributed by atoms with E-state index in [1.807, 2.05) is 6.08 Å². The molecule has 0 aliphatic carbocycles. The van der Waals surface area contributed by atoms with Gasteiger partial charge in [0.05, 0.1) is 19.2 Å². The number of nitrogens with one attached hydrogen (secondary N) is 1. The first-order chi connectivity index (χ1) is 8.54. The molecule has 0 bridgehead atoms. The molecule has 0 radical (unpaired) electrons. The first kappa shape index (κ1) is 14.5. The van der Waals surface area contributed by atoms with Gasteiger partial charge in [-0.2, -0.15) is 0 Å². The first-order valence-corrected chi connectivity index (χ1v) is 6.05. The van der Waals surface area contributed by atoms with Crippen LogP contribution in [0.3, 0.4) is 0 Å². The lowest BCUT2D eigenvalue weighted by molar-refractivity contribution is -0.138. The third kappa shape index (κ3) is 4.37. The van der Waals surface area contributed by atoms with Crippen molar-refractivity contribution in [1.29, 1.82) is 0 Å². The van der Waals surface area contributed by atoms with Gasteiger partial charge in [-0.05, 0) is 19.8 Å². The second kappa shape index (κ2) is 7.00. The molecular weight excluding hydrogens is 236 g/mol. The molecule has 1 heterocycles. The minimum absolute atomic E-state index is 0.0701. The van der Waals surface area contributed by atoms with Crippen molar-refractivity contribution in [3.63, 3.8) is 0 Å². The van der Waals surface area contributed by atoms with E-state index < -0.39 is 12.0 Å². The fraction of sp³-hybridized carbons (Fsp3) is 0.667. The number of carboxylic acids is 1. The number of amides is 2. The minimum atomic E-state index is -1.04. The number of carbonyl (C=O) groups excluding carboxylic acids is 1. The van der Waals surface area contributed by atoms with Crippen molar-refractivity contribution >= 4 is 12.0 Å². The maximum absolute atomic E-state index is 11.5. The van der Waals surface area contributed by atoms with Gasteiger partial charge >= 0.3 is 12.0 Å². The van der Waals surface area contributed by atoms with Gasteiger partial charge in [0, 0.05) is 6.61 Å². The van der Waals surface area contributed by atoms with Gasteiger partial charge < -0.3 is 20.1 Å². The number of hydrogen-bond donors (Lipinski definition) is 2. The number of urea groups is 1. The van der Waals surface area contributed by atoms with Gasteiger partial charge in [-0.15, -0.1) is 6.58 Å². The Bertz CT molecular complexity index is 313. The van der Waals surface area contributed by atoms with Crippen molar-refractivity contribution in [1.82, 2.24) is 10.2 Å². The topological polar surface area (TPSA) is 78.9 Å². The molecule has 102 valence electrons. The zero-order valence-corrected chi connectivity index (χ0v) is 10.6. The summed E-state index contributed by atoms with van der Waals surface area (Å²) in [6.07, 6.45) is 3.77. The Hall–Kier alpha value is -1.56. The van der Waals surface area contributed by atoms with Crippen LogP contribution in [0.4, 0.5) is 4.79 Å². The average molecular weight is 256 g/mol. The van der Waals surface area contributed by atoms with Crippen molar-refractivity contribution in [3.05, 3.63) is 12.7 Å². The summed E-state index contributed by atoms with van der Waals surface area (Å²) in [5, 5.41) is 11.1. The van der Waals surface area contributed by atoms with Crippen molar-refractivity contribution in [2.24, 2.45) is 0 Å². The van der Waals surface area contributed by atoms with Gasteiger partial charge in [0.2, 0.25) is 0 Å². The maximum Gasteiger partial charge on any atom is 0.325 e. The van der Waals surface area contributed by atoms with Crippen LogP contribution in [-0.4, -0.2) is 53.8 Å². The van der Waals surface area contributed by atoms with Crippen LogP contribution in [-0.2, 0) is 9.53 Å². The van der Waals surface area contributed by atoms with Crippen molar-refractivity contribution < 1.29 is 19.4 Å². The summed E-state index contributed by atoms with van der Waals surface area (Å²) < 4.78 is 5.53. The molecule has 1 atom stereocenters. The predicted molar refractivity (Wildman–Crippen MR) is 66.4 cm³/mol. The highest BCUT2D eigenvalue weighted by Gasteiger charge is 2.32. The van der Waals surface area contributed by atoms with Gasteiger partial charge in [-0.25, -0.2) is 4.79 Å². The number of likely N-dealkylation sites (tertiary alicyclic amines) is 1. The molecule has 0 spiro atoms. The Morgan fingerprint density at radius 3 is 2.83 bits per heavy atom. The Morgan fingerprint density at radius 2 is 2.28 bits per heavy atom. The second-order valence-electron chi connectivity index (χ2n) is 4.34. The van der Waals surface area contributed by atoms with Crippen LogP contribution >= 0.6 is 0 Å². The van der Waals surface area contributed by atoms with Crippen LogP contribution in [0.25, 0.3) is 0 Å². The van der Waals surface area contributed by atoms with Crippen LogP contribution in [0.2, 0.25) is 0 Å². The average Bonchev–Trinajstić information content (AvgIpc) is 2.25. The summed E-state index contributed by atoms with van der Waals surface area (Å²) in [6.45, 7) is 6.76. The molecule has 1 aliphatic rings. The van der Waals surface area contributed by atoms with E-state index in [4.69, 9.17) is 9.84 Å². The molecule has 1 fully saturated rings. The number of nitrogens with zero attached hydrogens (tertiary/aromatic N) is 1. The van der Waals surface area contributed by atoms with E-state index in [0.29, 0.717) is 19.7 Å². The molecule has 1 rings (SSSR count). The fourth-order valence-corrected chi connectivity index (χ4v) is 1.53. The van der Waals surface area contributed by atoms with Gasteiger partial charge in [0.25, 0.3) is 0 Å². The summed E-state index contributed by atoms with van der Waals surface area (Å²) >= 11 is 0. The lowest BCUT2D eigenvalue weighted by Crippen LogP contribution is -2.59. The highest BCUT2D eigenvalue weighted by atomic mass is 16.5. The van der Waals surface area contributed by atoms with Gasteiger partial charge in [-0.3, -0.25) is 4.79 Å². The fourth-order valence-electron chi connectivity index (χ4n) is 1.53. The maximum atomic E-state index is 11.5. The van der Waals surface area contributed by atoms with Crippen molar-refractivity contribution in [2.45, 2.75) is 31.9 Å². The SMILES string of the molecule is C=CCCCOC1CN(C(=O)N[C@@H](C)C(=O)O)C1. The molecule has 0 unspecified atom stereocenters. The smallest absolute Gasteiger partial charge is 0.325 e. The summed E-state index contributed by atoms with van der Waals surface area (Å²) in [5.74, 6) is -1.04. The highest BCUT2D eigenvalue weighted by molar-refractivity contribution is 5.82. The summed E-state index contributed by atoms with van der Waals surface area (Å²) in [6, 6.07) is -1.22. The Balaban J connectivity index is 2.12. The number of ether oxygens (including phenoxy) is 1. The third-order valence-electron chi connectivity index (χ3n) is 2.75. The van der Waals surface area contributed by atoms with E-state index in [0.717, 1.165) is 12.8 Å².